The molecule has 80 valence electrons. The molecule has 0 radical (unpaired) electrons. The van der Waals surface area contributed by atoms with E-state index in [1.807, 2.05) is 0 Å². The molecule has 0 unspecified atom stereocenters. The third kappa shape index (κ3) is 1.51. The lowest BCUT2D eigenvalue weighted by Crippen LogP contribution is -2.27. The van der Waals surface area contributed by atoms with Gasteiger partial charge in [-0.2, -0.15) is 0 Å². The first-order valence-electron chi connectivity index (χ1n) is 5.22. The Morgan fingerprint density at radius 3 is 1.29 bits per heavy atom. The molecule has 0 saturated carbocycles. The zero-order chi connectivity index (χ0) is 11.0. The summed E-state index contributed by atoms with van der Waals surface area (Å²) in [5.41, 5.74) is 3.03. The van der Waals surface area contributed by atoms with Crippen LogP contribution in [0.4, 0.5) is 0 Å². The molecule has 1 heterocycles. The molecule has 0 aliphatic carbocycles. The van der Waals surface area contributed by atoms with Crippen molar-refractivity contribution in [3.05, 3.63) is 17.0 Å². The van der Waals surface area contributed by atoms with Crippen LogP contribution in [0.5, 0.6) is 0 Å². The van der Waals surface area contributed by atoms with Gasteiger partial charge in [0.25, 0.3) is 0 Å². The van der Waals surface area contributed by atoms with Gasteiger partial charge in [-0.05, 0) is 41.5 Å². The number of hydrogen-bond acceptors (Lipinski definition) is 1. The highest BCUT2D eigenvalue weighted by atomic mass is 15.2. The van der Waals surface area contributed by atoms with E-state index in [4.69, 9.17) is 5.41 Å². The number of imidazole rings is 1. The van der Waals surface area contributed by atoms with Crippen LogP contribution in [0.3, 0.4) is 0 Å². The normalized spacial score (nSPS) is 11.7. The van der Waals surface area contributed by atoms with E-state index in [-0.39, 0.29) is 0 Å². The Hall–Kier alpha value is -0.990. The van der Waals surface area contributed by atoms with E-state index in [2.05, 4.69) is 50.7 Å². The van der Waals surface area contributed by atoms with Crippen molar-refractivity contribution >= 4 is 0 Å². The topological polar surface area (TPSA) is 33.7 Å². The molecule has 0 fully saturated rings. The van der Waals surface area contributed by atoms with Crippen molar-refractivity contribution in [3.8, 4) is 0 Å². The van der Waals surface area contributed by atoms with Crippen molar-refractivity contribution in [1.82, 2.24) is 9.13 Å². The third-order valence-electron chi connectivity index (χ3n) is 2.74. The van der Waals surface area contributed by atoms with Gasteiger partial charge in [-0.1, -0.05) is 0 Å². The van der Waals surface area contributed by atoms with Gasteiger partial charge in [0.15, 0.2) is 0 Å². The zero-order valence-corrected chi connectivity index (χ0v) is 10.0. The summed E-state index contributed by atoms with van der Waals surface area (Å²) in [5, 5.41) is 8.10. The van der Waals surface area contributed by atoms with E-state index >= 15 is 0 Å². The maximum absolute atomic E-state index is 8.10. The second kappa shape index (κ2) is 3.64. The zero-order valence-electron chi connectivity index (χ0n) is 10.0. The van der Waals surface area contributed by atoms with Crippen molar-refractivity contribution < 1.29 is 0 Å². The fraction of sp³-hybridized carbons (Fsp3) is 0.727. The molecule has 0 spiro atoms. The Kier molecular flexibility index (Phi) is 2.88. The minimum atomic E-state index is 0.362. The molecule has 0 aliphatic rings. The molecular formula is C11H21N3. The molecular weight excluding hydrogens is 174 g/mol. The summed E-state index contributed by atoms with van der Waals surface area (Å²) in [6, 6.07) is 0.724. The van der Waals surface area contributed by atoms with Gasteiger partial charge in [0, 0.05) is 23.5 Å². The average Bonchev–Trinajstić information content (AvgIpc) is 2.23. The minimum Gasteiger partial charge on any atom is -0.312 e. The molecule has 1 N–H and O–H groups in total. The summed E-state index contributed by atoms with van der Waals surface area (Å²) >= 11 is 0. The summed E-state index contributed by atoms with van der Waals surface area (Å²) in [5.74, 6) is 0. The van der Waals surface area contributed by atoms with Crippen molar-refractivity contribution in [2.45, 2.75) is 53.6 Å². The van der Waals surface area contributed by atoms with Gasteiger partial charge < -0.3 is 9.13 Å². The van der Waals surface area contributed by atoms with Gasteiger partial charge in [0.05, 0.1) is 0 Å². The van der Waals surface area contributed by atoms with Crippen LogP contribution in [-0.2, 0) is 0 Å². The molecule has 0 amide bonds. The van der Waals surface area contributed by atoms with Gasteiger partial charge >= 0.3 is 0 Å². The fourth-order valence-corrected chi connectivity index (χ4v) is 2.05. The number of aromatic nitrogens is 2. The Bertz CT molecular complexity index is 345. The quantitative estimate of drug-likeness (QED) is 0.752. The molecule has 1 aromatic rings. The fourth-order valence-electron chi connectivity index (χ4n) is 2.05. The van der Waals surface area contributed by atoms with Crippen molar-refractivity contribution in [1.29, 1.82) is 5.41 Å². The summed E-state index contributed by atoms with van der Waals surface area (Å²) < 4.78 is 4.16. The Morgan fingerprint density at radius 2 is 1.14 bits per heavy atom. The number of rotatable bonds is 2. The summed E-state index contributed by atoms with van der Waals surface area (Å²) in [4.78, 5) is 0. The van der Waals surface area contributed by atoms with Crippen LogP contribution >= 0.6 is 0 Å². The molecule has 3 heteroatoms. The van der Waals surface area contributed by atoms with Crippen LogP contribution in [0.15, 0.2) is 0 Å². The van der Waals surface area contributed by atoms with Crippen LogP contribution in [-0.4, -0.2) is 9.13 Å². The minimum absolute atomic E-state index is 0.362. The second-order valence-corrected chi connectivity index (χ2v) is 4.42. The summed E-state index contributed by atoms with van der Waals surface area (Å²) in [7, 11) is 0. The summed E-state index contributed by atoms with van der Waals surface area (Å²) in [6.45, 7) is 12.7. The number of nitrogens with one attached hydrogen (secondary N) is 1. The van der Waals surface area contributed by atoms with E-state index in [1.165, 1.54) is 11.4 Å². The van der Waals surface area contributed by atoms with E-state index in [0.29, 0.717) is 17.7 Å². The van der Waals surface area contributed by atoms with Crippen LogP contribution in [0.1, 0.15) is 51.2 Å². The predicted octanol–water partition coefficient (Wildman–Crippen LogP) is 2.55. The second-order valence-electron chi connectivity index (χ2n) is 4.42. The van der Waals surface area contributed by atoms with Crippen LogP contribution in [0, 0.1) is 19.3 Å². The van der Waals surface area contributed by atoms with Crippen LogP contribution in [0.25, 0.3) is 0 Å². The maximum atomic E-state index is 8.10. The lowest BCUT2D eigenvalue weighted by atomic mass is 10.3. The Labute approximate surface area is 85.9 Å². The Morgan fingerprint density at radius 1 is 0.857 bits per heavy atom. The van der Waals surface area contributed by atoms with E-state index in [1.54, 1.807) is 0 Å². The van der Waals surface area contributed by atoms with Gasteiger partial charge in [0.1, 0.15) is 0 Å². The molecule has 0 aliphatic heterocycles. The Balaban J connectivity index is 3.50. The monoisotopic (exact) mass is 195 g/mol. The molecule has 0 saturated heterocycles. The first-order valence-corrected chi connectivity index (χ1v) is 5.22. The van der Waals surface area contributed by atoms with E-state index in [9.17, 15) is 0 Å². The molecule has 0 atom stereocenters. The molecule has 14 heavy (non-hydrogen) atoms. The lowest BCUT2D eigenvalue weighted by molar-refractivity contribution is 0.495. The largest absolute Gasteiger partial charge is 0.312 e. The molecule has 1 aromatic heterocycles. The maximum Gasteiger partial charge on any atom is 0.202 e. The van der Waals surface area contributed by atoms with Crippen molar-refractivity contribution in [2.75, 3.05) is 0 Å². The molecule has 3 nitrogen and oxygen atoms in total. The molecule has 0 bridgehead atoms. The van der Waals surface area contributed by atoms with Gasteiger partial charge in [-0.15, -0.1) is 0 Å². The van der Waals surface area contributed by atoms with Crippen LogP contribution < -0.4 is 5.62 Å². The van der Waals surface area contributed by atoms with Crippen LogP contribution in [0.2, 0.25) is 0 Å². The van der Waals surface area contributed by atoms with E-state index < -0.39 is 0 Å². The average molecular weight is 195 g/mol. The van der Waals surface area contributed by atoms with Crippen molar-refractivity contribution in [3.63, 3.8) is 0 Å². The van der Waals surface area contributed by atoms with Gasteiger partial charge in [-0.3, -0.25) is 5.41 Å². The summed E-state index contributed by atoms with van der Waals surface area (Å²) in [6.07, 6.45) is 0. The highest BCUT2D eigenvalue weighted by molar-refractivity contribution is 5.12. The lowest BCUT2D eigenvalue weighted by Gasteiger charge is -2.10. The van der Waals surface area contributed by atoms with Gasteiger partial charge in [0.2, 0.25) is 5.62 Å². The first-order chi connectivity index (χ1) is 6.37. The highest BCUT2D eigenvalue weighted by Gasteiger charge is 2.14. The van der Waals surface area contributed by atoms with E-state index in [0.717, 1.165) is 0 Å². The number of nitrogens with zero attached hydrogens (tertiary/aromatic N) is 2. The molecule has 1 rings (SSSR count). The smallest absolute Gasteiger partial charge is 0.202 e. The van der Waals surface area contributed by atoms with Gasteiger partial charge in [-0.25, -0.2) is 0 Å². The third-order valence-corrected chi connectivity index (χ3v) is 2.74. The highest BCUT2D eigenvalue weighted by Crippen LogP contribution is 2.14. The first kappa shape index (κ1) is 11.1. The predicted molar refractivity (Wildman–Crippen MR) is 58.5 cm³/mol. The number of hydrogen-bond donors (Lipinski definition) is 1. The SMILES string of the molecule is Cc1c(C)n(C(C)C)c(=N)n1C(C)C. The molecule has 0 aromatic carbocycles. The van der Waals surface area contributed by atoms with Crippen molar-refractivity contribution in [2.24, 2.45) is 0 Å². The standard InChI is InChI=1S/C11H21N3/c1-7(2)13-9(5)10(6)14(8(3)4)11(13)12/h7-8,12H,1-6H3.